The third kappa shape index (κ3) is 4.77. The highest BCUT2D eigenvalue weighted by Gasteiger charge is 2.29. The predicted molar refractivity (Wildman–Crippen MR) is 120 cm³/mol. The van der Waals surface area contributed by atoms with Crippen LogP contribution in [0, 0.1) is 0 Å². The molecule has 0 aliphatic carbocycles. The number of amides is 1. The number of fused-ring (bicyclic) bond motifs is 1. The Morgan fingerprint density at radius 3 is 2.74 bits per heavy atom. The van der Waals surface area contributed by atoms with Gasteiger partial charge in [-0.15, -0.1) is 0 Å². The van der Waals surface area contributed by atoms with Gasteiger partial charge in [0.2, 0.25) is 15.9 Å². The van der Waals surface area contributed by atoms with E-state index < -0.39 is 10.0 Å². The van der Waals surface area contributed by atoms with E-state index in [1.54, 1.807) is 18.2 Å². The SMILES string of the molecule is COc1ccc(/C=C/C(=O)Nc2nc3ccccc3s2)cc1S(=O)(=O)N1CCOCC1. The van der Waals surface area contributed by atoms with Crippen molar-refractivity contribution in [2.45, 2.75) is 4.90 Å². The van der Waals surface area contributed by atoms with Crippen molar-refractivity contribution in [3.63, 3.8) is 0 Å². The summed E-state index contributed by atoms with van der Waals surface area (Å²) in [6.45, 7) is 1.28. The van der Waals surface area contributed by atoms with E-state index in [2.05, 4.69) is 10.3 Å². The van der Waals surface area contributed by atoms with Crippen molar-refractivity contribution in [2.75, 3.05) is 38.7 Å². The molecule has 10 heteroatoms. The summed E-state index contributed by atoms with van der Waals surface area (Å²) in [7, 11) is -2.32. The second-order valence-corrected chi connectivity index (χ2v) is 9.67. The Balaban J connectivity index is 1.53. The molecule has 2 aromatic carbocycles. The molecular weight excluding hydrogens is 438 g/mol. The number of carbonyl (C=O) groups is 1. The van der Waals surface area contributed by atoms with Crippen LogP contribution in [-0.4, -0.2) is 57.0 Å². The Labute approximate surface area is 184 Å². The number of benzene rings is 2. The minimum absolute atomic E-state index is 0.0608. The van der Waals surface area contributed by atoms with Gasteiger partial charge in [-0.05, 0) is 35.9 Å². The largest absolute Gasteiger partial charge is 0.495 e. The van der Waals surface area contributed by atoms with Crippen LogP contribution in [0.3, 0.4) is 0 Å². The number of aromatic nitrogens is 1. The van der Waals surface area contributed by atoms with Crippen LogP contribution in [0.5, 0.6) is 5.75 Å². The van der Waals surface area contributed by atoms with E-state index in [9.17, 15) is 13.2 Å². The Morgan fingerprint density at radius 2 is 2.00 bits per heavy atom. The molecule has 1 aromatic heterocycles. The summed E-state index contributed by atoms with van der Waals surface area (Å²) in [5, 5.41) is 3.24. The summed E-state index contributed by atoms with van der Waals surface area (Å²) in [5.41, 5.74) is 1.38. The average Bonchev–Trinajstić information content (AvgIpc) is 3.20. The van der Waals surface area contributed by atoms with Crippen LogP contribution < -0.4 is 10.1 Å². The fourth-order valence-corrected chi connectivity index (χ4v) is 5.64. The number of hydrogen-bond donors (Lipinski definition) is 1. The van der Waals surface area contributed by atoms with Gasteiger partial charge in [-0.2, -0.15) is 4.31 Å². The molecule has 4 rings (SSSR count). The van der Waals surface area contributed by atoms with Crippen molar-refractivity contribution in [3.8, 4) is 5.75 Å². The molecule has 0 radical (unpaired) electrons. The van der Waals surface area contributed by atoms with Gasteiger partial charge in [-0.1, -0.05) is 29.5 Å². The fraction of sp³-hybridized carbons (Fsp3) is 0.238. The van der Waals surface area contributed by atoms with Gasteiger partial charge < -0.3 is 9.47 Å². The zero-order valence-corrected chi connectivity index (χ0v) is 18.4. The molecule has 1 saturated heterocycles. The van der Waals surface area contributed by atoms with E-state index >= 15 is 0 Å². The van der Waals surface area contributed by atoms with Crippen LogP contribution in [0.15, 0.2) is 53.4 Å². The second kappa shape index (κ2) is 9.15. The summed E-state index contributed by atoms with van der Waals surface area (Å²) in [6.07, 6.45) is 2.90. The van der Waals surface area contributed by atoms with Gasteiger partial charge in [-0.25, -0.2) is 13.4 Å². The number of nitrogens with zero attached hydrogens (tertiary/aromatic N) is 2. The Morgan fingerprint density at radius 1 is 1.23 bits per heavy atom. The molecule has 1 fully saturated rings. The van der Waals surface area contributed by atoms with E-state index in [-0.39, 0.29) is 29.6 Å². The molecule has 1 aliphatic heterocycles. The maximum Gasteiger partial charge on any atom is 0.250 e. The monoisotopic (exact) mass is 459 g/mol. The van der Waals surface area contributed by atoms with Crippen LogP contribution in [0.4, 0.5) is 5.13 Å². The summed E-state index contributed by atoms with van der Waals surface area (Å²) < 4.78 is 39.0. The molecule has 31 heavy (non-hydrogen) atoms. The molecule has 1 N–H and O–H groups in total. The molecule has 0 unspecified atom stereocenters. The van der Waals surface area contributed by atoms with Crippen LogP contribution in [0.25, 0.3) is 16.3 Å². The van der Waals surface area contributed by atoms with Crippen LogP contribution in [0.1, 0.15) is 5.56 Å². The number of rotatable bonds is 6. The molecule has 0 atom stereocenters. The molecule has 0 saturated carbocycles. The van der Waals surface area contributed by atoms with Crippen LogP contribution in [-0.2, 0) is 19.6 Å². The highest BCUT2D eigenvalue weighted by molar-refractivity contribution is 7.89. The normalized spacial score (nSPS) is 15.4. The third-order valence-corrected chi connectivity index (χ3v) is 7.60. The lowest BCUT2D eigenvalue weighted by atomic mass is 10.2. The van der Waals surface area contributed by atoms with Gasteiger partial charge in [0.15, 0.2) is 5.13 Å². The Kier molecular flexibility index (Phi) is 6.33. The molecule has 8 nitrogen and oxygen atoms in total. The molecule has 162 valence electrons. The minimum Gasteiger partial charge on any atom is -0.495 e. The van der Waals surface area contributed by atoms with Crippen LogP contribution in [0.2, 0.25) is 0 Å². The number of ether oxygens (including phenoxy) is 2. The number of thiazole rings is 1. The highest BCUT2D eigenvalue weighted by atomic mass is 32.2. The number of carbonyl (C=O) groups excluding carboxylic acids is 1. The van der Waals surface area contributed by atoms with Gasteiger partial charge in [0.25, 0.3) is 0 Å². The van der Waals surface area contributed by atoms with E-state index in [0.29, 0.717) is 23.9 Å². The zero-order valence-electron chi connectivity index (χ0n) is 16.8. The predicted octanol–water partition coefficient (Wildman–Crippen LogP) is 2.98. The first kappa shape index (κ1) is 21.4. The molecule has 2 heterocycles. The number of morpholine rings is 1. The summed E-state index contributed by atoms with van der Waals surface area (Å²) >= 11 is 1.39. The lowest BCUT2D eigenvalue weighted by molar-refractivity contribution is -0.111. The van der Waals surface area contributed by atoms with E-state index in [4.69, 9.17) is 9.47 Å². The number of para-hydroxylation sites is 1. The quantitative estimate of drug-likeness (QED) is 0.569. The first-order valence-corrected chi connectivity index (χ1v) is 11.8. The minimum atomic E-state index is -3.74. The lowest BCUT2D eigenvalue weighted by Crippen LogP contribution is -2.40. The molecule has 1 aliphatic rings. The maximum absolute atomic E-state index is 13.1. The summed E-state index contributed by atoms with van der Waals surface area (Å²) in [4.78, 5) is 16.7. The average molecular weight is 460 g/mol. The van der Waals surface area contributed by atoms with Crippen molar-refractivity contribution < 1.29 is 22.7 Å². The summed E-state index contributed by atoms with van der Waals surface area (Å²) in [5.74, 6) is -0.102. The first-order chi connectivity index (χ1) is 15.0. The standard InChI is InChI=1S/C21H21N3O5S2/c1-28-17-8-6-15(14-19(17)31(26,27)24-10-12-29-13-11-24)7-9-20(25)23-21-22-16-4-2-3-5-18(16)30-21/h2-9,14H,10-13H2,1H3,(H,22,23,25)/b9-7+. The van der Waals surface area contributed by atoms with Crippen LogP contribution >= 0.6 is 11.3 Å². The summed E-state index contributed by atoms with van der Waals surface area (Å²) in [6, 6.07) is 12.4. The highest BCUT2D eigenvalue weighted by Crippen LogP contribution is 2.29. The third-order valence-electron chi connectivity index (χ3n) is 4.73. The Bertz CT molecular complexity index is 1200. The van der Waals surface area contributed by atoms with Crippen molar-refractivity contribution in [3.05, 3.63) is 54.1 Å². The number of methoxy groups -OCH3 is 1. The number of anilines is 1. The molecule has 0 bridgehead atoms. The van der Waals surface area contributed by atoms with Gasteiger partial charge in [0.05, 0.1) is 30.5 Å². The molecule has 1 amide bonds. The number of hydrogen-bond acceptors (Lipinski definition) is 7. The van der Waals surface area contributed by atoms with Gasteiger partial charge >= 0.3 is 0 Å². The fourth-order valence-electron chi connectivity index (χ4n) is 3.17. The smallest absolute Gasteiger partial charge is 0.250 e. The van der Waals surface area contributed by atoms with Crippen molar-refractivity contribution >= 4 is 48.7 Å². The zero-order chi connectivity index (χ0) is 21.8. The van der Waals surface area contributed by atoms with E-state index in [1.165, 1.54) is 34.9 Å². The molecular formula is C21H21N3O5S2. The number of sulfonamides is 1. The van der Waals surface area contributed by atoms with Gasteiger partial charge in [0, 0.05) is 19.2 Å². The lowest BCUT2D eigenvalue weighted by Gasteiger charge is -2.26. The molecule has 0 spiro atoms. The topological polar surface area (TPSA) is 97.8 Å². The Hall–Kier alpha value is -2.79. The number of nitrogens with one attached hydrogen (secondary N) is 1. The maximum atomic E-state index is 13.1. The van der Waals surface area contributed by atoms with Crippen molar-refractivity contribution in [1.82, 2.24) is 9.29 Å². The van der Waals surface area contributed by atoms with E-state index in [1.807, 2.05) is 24.3 Å². The van der Waals surface area contributed by atoms with Crippen molar-refractivity contribution in [2.24, 2.45) is 0 Å². The van der Waals surface area contributed by atoms with Gasteiger partial charge in [0.1, 0.15) is 10.6 Å². The molecule has 3 aromatic rings. The second-order valence-electron chi connectivity index (χ2n) is 6.74. The van der Waals surface area contributed by atoms with E-state index in [0.717, 1.165) is 10.2 Å². The van der Waals surface area contributed by atoms with Crippen molar-refractivity contribution in [1.29, 1.82) is 0 Å². The van der Waals surface area contributed by atoms with Gasteiger partial charge in [-0.3, -0.25) is 10.1 Å². The first-order valence-electron chi connectivity index (χ1n) is 9.58.